The fourth-order valence-electron chi connectivity index (χ4n) is 2.74. The van der Waals surface area contributed by atoms with Gasteiger partial charge in [-0.1, -0.05) is 6.07 Å². The Hall–Kier alpha value is -2.17. The van der Waals surface area contributed by atoms with Gasteiger partial charge in [0.1, 0.15) is 5.69 Å². The summed E-state index contributed by atoms with van der Waals surface area (Å²) in [6, 6.07) is 5.57. The van der Waals surface area contributed by atoms with Crippen molar-refractivity contribution >= 4 is 5.91 Å². The second kappa shape index (κ2) is 5.45. The van der Waals surface area contributed by atoms with Crippen LogP contribution >= 0.6 is 0 Å². The van der Waals surface area contributed by atoms with Gasteiger partial charge in [0.15, 0.2) is 0 Å². The molecule has 1 aliphatic heterocycles. The second-order valence-electron chi connectivity index (χ2n) is 5.29. The molecule has 1 N–H and O–H groups in total. The molecule has 3 heterocycles. The number of hydrogen-bond acceptors (Lipinski definition) is 3. The fourth-order valence-corrected chi connectivity index (χ4v) is 2.74. The van der Waals surface area contributed by atoms with E-state index in [0.717, 1.165) is 31.6 Å². The minimum absolute atomic E-state index is 0.0295. The Morgan fingerprint density at radius 3 is 3.10 bits per heavy atom. The molecule has 1 atom stereocenters. The van der Waals surface area contributed by atoms with E-state index < -0.39 is 0 Å². The lowest BCUT2D eigenvalue weighted by molar-refractivity contribution is 0.0701. The van der Waals surface area contributed by atoms with E-state index in [9.17, 15) is 4.79 Å². The lowest BCUT2D eigenvalue weighted by Gasteiger charge is -2.32. The predicted octanol–water partition coefficient (Wildman–Crippen LogP) is 2.13. The first-order valence-corrected chi connectivity index (χ1v) is 6.95. The first kappa shape index (κ1) is 12.8. The fraction of sp³-hybridized carbons (Fsp3) is 0.400. The third kappa shape index (κ3) is 2.57. The number of likely N-dealkylation sites (tertiary alicyclic amines) is 1. The van der Waals surface area contributed by atoms with Crippen molar-refractivity contribution in [3.05, 3.63) is 47.5 Å². The van der Waals surface area contributed by atoms with Gasteiger partial charge in [0.2, 0.25) is 0 Å². The van der Waals surface area contributed by atoms with Gasteiger partial charge in [0.05, 0.1) is 6.20 Å². The van der Waals surface area contributed by atoms with Gasteiger partial charge in [-0.15, -0.1) is 0 Å². The van der Waals surface area contributed by atoms with Crippen molar-refractivity contribution in [3.63, 3.8) is 0 Å². The molecule has 3 rings (SSSR count). The van der Waals surface area contributed by atoms with Gasteiger partial charge >= 0.3 is 0 Å². The van der Waals surface area contributed by atoms with Crippen LogP contribution in [0, 0.1) is 6.92 Å². The Balaban J connectivity index is 1.75. The van der Waals surface area contributed by atoms with Crippen LogP contribution in [0.15, 0.2) is 30.6 Å². The molecule has 0 spiro atoms. The number of aromatic nitrogens is 3. The molecule has 1 amide bonds. The molecular formula is C15H18N4O. The summed E-state index contributed by atoms with van der Waals surface area (Å²) in [7, 11) is 0. The van der Waals surface area contributed by atoms with E-state index in [0.29, 0.717) is 11.6 Å². The molecular weight excluding hydrogens is 252 g/mol. The van der Waals surface area contributed by atoms with Crippen molar-refractivity contribution in [1.82, 2.24) is 20.1 Å². The summed E-state index contributed by atoms with van der Waals surface area (Å²) in [6.45, 7) is 3.46. The van der Waals surface area contributed by atoms with E-state index in [1.54, 1.807) is 6.07 Å². The molecule has 1 aliphatic rings. The van der Waals surface area contributed by atoms with Crippen LogP contribution in [-0.2, 0) is 0 Å². The molecule has 0 saturated carbocycles. The molecule has 0 aromatic carbocycles. The number of amides is 1. The zero-order chi connectivity index (χ0) is 13.9. The first-order valence-electron chi connectivity index (χ1n) is 6.95. The highest BCUT2D eigenvalue weighted by Gasteiger charge is 2.26. The molecule has 0 unspecified atom stereocenters. The van der Waals surface area contributed by atoms with Crippen molar-refractivity contribution in [1.29, 1.82) is 0 Å². The molecule has 0 radical (unpaired) electrons. The number of hydrogen-bond donors (Lipinski definition) is 1. The zero-order valence-corrected chi connectivity index (χ0v) is 11.5. The number of nitrogens with one attached hydrogen (secondary N) is 1. The number of aromatic amines is 1. The van der Waals surface area contributed by atoms with Gasteiger partial charge in [-0.05, 0) is 37.5 Å². The van der Waals surface area contributed by atoms with Crippen LogP contribution in [0.3, 0.4) is 0 Å². The number of pyridine rings is 1. The molecule has 5 heteroatoms. The number of carbonyl (C=O) groups is 1. The van der Waals surface area contributed by atoms with E-state index >= 15 is 0 Å². The zero-order valence-electron chi connectivity index (χ0n) is 11.5. The molecule has 5 nitrogen and oxygen atoms in total. The number of carbonyl (C=O) groups excluding carboxylic acids is 1. The number of H-pyrrole nitrogens is 1. The SMILES string of the molecule is Cc1cccc(C(=O)N2CCC[C@H](c3cn[nH]c3)C2)n1. The highest BCUT2D eigenvalue weighted by atomic mass is 16.2. The molecule has 20 heavy (non-hydrogen) atoms. The first-order chi connectivity index (χ1) is 9.74. The van der Waals surface area contributed by atoms with E-state index in [-0.39, 0.29) is 5.91 Å². The van der Waals surface area contributed by atoms with E-state index in [4.69, 9.17) is 0 Å². The monoisotopic (exact) mass is 270 g/mol. The van der Waals surface area contributed by atoms with Gasteiger partial charge in [0.25, 0.3) is 5.91 Å². The Labute approximate surface area is 118 Å². The molecule has 2 aromatic rings. The van der Waals surface area contributed by atoms with Crippen molar-refractivity contribution < 1.29 is 4.79 Å². The van der Waals surface area contributed by atoms with Crippen LogP contribution in [0.25, 0.3) is 0 Å². The normalized spacial score (nSPS) is 19.1. The maximum atomic E-state index is 12.5. The topological polar surface area (TPSA) is 61.9 Å². The van der Waals surface area contributed by atoms with Crippen LogP contribution in [0.1, 0.15) is 40.5 Å². The minimum atomic E-state index is 0.0295. The number of nitrogens with zero attached hydrogens (tertiary/aromatic N) is 3. The average Bonchev–Trinajstić information content (AvgIpc) is 3.01. The summed E-state index contributed by atoms with van der Waals surface area (Å²) in [5, 5.41) is 6.84. The highest BCUT2D eigenvalue weighted by molar-refractivity contribution is 5.92. The van der Waals surface area contributed by atoms with Gasteiger partial charge in [0, 0.05) is 30.9 Å². The van der Waals surface area contributed by atoms with E-state index in [1.165, 1.54) is 5.56 Å². The molecule has 104 valence electrons. The van der Waals surface area contributed by atoms with Gasteiger partial charge in [-0.25, -0.2) is 4.98 Å². The maximum absolute atomic E-state index is 12.5. The highest BCUT2D eigenvalue weighted by Crippen LogP contribution is 2.26. The van der Waals surface area contributed by atoms with Gasteiger partial charge in [-0.3, -0.25) is 9.89 Å². The number of rotatable bonds is 2. The predicted molar refractivity (Wildman–Crippen MR) is 75.4 cm³/mol. The molecule has 1 fully saturated rings. The lowest BCUT2D eigenvalue weighted by atomic mass is 9.92. The summed E-state index contributed by atoms with van der Waals surface area (Å²) in [5.74, 6) is 0.401. The standard InChI is InChI=1S/C15H18N4O/c1-11-4-2-6-14(18-11)15(20)19-7-3-5-12(10-19)13-8-16-17-9-13/h2,4,6,8-9,12H,3,5,7,10H2,1H3,(H,16,17)/t12-/m0/s1. The van der Waals surface area contributed by atoms with Crippen LogP contribution < -0.4 is 0 Å². The van der Waals surface area contributed by atoms with Crippen LogP contribution in [0.4, 0.5) is 0 Å². The van der Waals surface area contributed by atoms with E-state index in [2.05, 4.69) is 15.2 Å². The Morgan fingerprint density at radius 2 is 2.35 bits per heavy atom. The summed E-state index contributed by atoms with van der Waals surface area (Å²) < 4.78 is 0. The maximum Gasteiger partial charge on any atom is 0.272 e. The summed E-state index contributed by atoms with van der Waals surface area (Å²) >= 11 is 0. The largest absolute Gasteiger partial charge is 0.337 e. The van der Waals surface area contributed by atoms with Crippen molar-refractivity contribution in [2.45, 2.75) is 25.7 Å². The van der Waals surface area contributed by atoms with Crippen LogP contribution in [-0.4, -0.2) is 39.1 Å². The number of piperidine rings is 1. The lowest BCUT2D eigenvalue weighted by Crippen LogP contribution is -2.39. The summed E-state index contributed by atoms with van der Waals surface area (Å²) in [4.78, 5) is 18.7. The van der Waals surface area contributed by atoms with Crippen molar-refractivity contribution in [2.75, 3.05) is 13.1 Å². The molecule has 0 bridgehead atoms. The quantitative estimate of drug-likeness (QED) is 0.909. The Bertz CT molecular complexity index is 594. The molecule has 1 saturated heterocycles. The Kier molecular flexibility index (Phi) is 3.50. The van der Waals surface area contributed by atoms with Crippen molar-refractivity contribution in [2.24, 2.45) is 0 Å². The third-order valence-corrected chi connectivity index (χ3v) is 3.81. The molecule has 0 aliphatic carbocycles. The molecule has 2 aromatic heterocycles. The van der Waals surface area contributed by atoms with E-state index in [1.807, 2.05) is 36.4 Å². The smallest absolute Gasteiger partial charge is 0.272 e. The number of aryl methyl sites for hydroxylation is 1. The van der Waals surface area contributed by atoms with Crippen LogP contribution in [0.2, 0.25) is 0 Å². The third-order valence-electron chi connectivity index (χ3n) is 3.81. The average molecular weight is 270 g/mol. The Morgan fingerprint density at radius 1 is 1.45 bits per heavy atom. The summed E-state index contributed by atoms with van der Waals surface area (Å²) in [5.41, 5.74) is 2.59. The van der Waals surface area contributed by atoms with Gasteiger partial charge < -0.3 is 4.90 Å². The minimum Gasteiger partial charge on any atom is -0.337 e. The van der Waals surface area contributed by atoms with Gasteiger partial charge in [-0.2, -0.15) is 5.10 Å². The second-order valence-corrected chi connectivity index (χ2v) is 5.29. The van der Waals surface area contributed by atoms with Crippen LogP contribution in [0.5, 0.6) is 0 Å². The summed E-state index contributed by atoms with van der Waals surface area (Å²) in [6.07, 6.45) is 5.89. The van der Waals surface area contributed by atoms with Crippen molar-refractivity contribution in [3.8, 4) is 0 Å².